The molecule has 1 aromatic heterocycles. The summed E-state index contributed by atoms with van der Waals surface area (Å²) in [6.45, 7) is 2.07. The van der Waals surface area contributed by atoms with Crippen LogP contribution in [-0.2, 0) is 0 Å². The van der Waals surface area contributed by atoms with Crippen molar-refractivity contribution < 1.29 is 4.79 Å². The van der Waals surface area contributed by atoms with Crippen LogP contribution in [-0.4, -0.2) is 16.9 Å². The molecular weight excluding hydrogens is 214 g/mol. The van der Waals surface area contributed by atoms with Gasteiger partial charge in [-0.05, 0) is 37.8 Å². The number of pyridine rings is 1. The zero-order chi connectivity index (χ0) is 12.3. The Bertz CT molecular complexity index is 382. The molecule has 1 saturated carbocycles. The van der Waals surface area contributed by atoms with Crippen LogP contribution in [0, 0.1) is 5.92 Å². The molecule has 1 amide bonds. The van der Waals surface area contributed by atoms with E-state index in [2.05, 4.69) is 17.2 Å². The van der Waals surface area contributed by atoms with Crippen molar-refractivity contribution in [3.05, 3.63) is 24.0 Å². The van der Waals surface area contributed by atoms with E-state index in [1.54, 1.807) is 12.1 Å². The number of rotatable bonds is 3. The maximum atomic E-state index is 11.9. The van der Waals surface area contributed by atoms with Crippen molar-refractivity contribution in [2.24, 2.45) is 5.92 Å². The van der Waals surface area contributed by atoms with E-state index in [9.17, 15) is 4.79 Å². The number of carbonyl (C=O) groups is 1. The zero-order valence-corrected chi connectivity index (χ0v) is 10.1. The van der Waals surface area contributed by atoms with Crippen molar-refractivity contribution >= 4 is 11.6 Å². The highest BCUT2D eigenvalue weighted by Gasteiger charge is 2.23. The molecule has 0 saturated heterocycles. The molecule has 0 aliphatic heterocycles. The van der Waals surface area contributed by atoms with Crippen LogP contribution in [0.3, 0.4) is 0 Å². The molecule has 4 nitrogen and oxygen atoms in total. The first-order valence-corrected chi connectivity index (χ1v) is 6.19. The van der Waals surface area contributed by atoms with Gasteiger partial charge in [0.25, 0.3) is 5.91 Å². The van der Waals surface area contributed by atoms with E-state index >= 15 is 0 Å². The van der Waals surface area contributed by atoms with Crippen molar-refractivity contribution in [2.75, 3.05) is 5.73 Å². The number of hydrogen-bond donors (Lipinski definition) is 2. The quantitative estimate of drug-likeness (QED) is 0.838. The van der Waals surface area contributed by atoms with Crippen LogP contribution in [0.1, 0.15) is 43.1 Å². The monoisotopic (exact) mass is 233 g/mol. The molecule has 92 valence electrons. The maximum Gasteiger partial charge on any atom is 0.270 e. The average Bonchev–Trinajstić information content (AvgIpc) is 2.83. The van der Waals surface area contributed by atoms with Crippen LogP contribution < -0.4 is 11.1 Å². The van der Waals surface area contributed by atoms with Gasteiger partial charge in [0.1, 0.15) is 5.69 Å². The first-order valence-electron chi connectivity index (χ1n) is 6.19. The van der Waals surface area contributed by atoms with Crippen molar-refractivity contribution in [2.45, 2.75) is 38.6 Å². The third-order valence-electron chi connectivity index (χ3n) is 3.48. The minimum Gasteiger partial charge on any atom is -0.397 e. The summed E-state index contributed by atoms with van der Waals surface area (Å²) in [5.41, 5.74) is 6.54. The molecule has 1 atom stereocenters. The van der Waals surface area contributed by atoms with Gasteiger partial charge in [-0.2, -0.15) is 0 Å². The van der Waals surface area contributed by atoms with Gasteiger partial charge in [-0.25, -0.2) is 4.98 Å². The standard InChI is InChI=1S/C13H19N3O/c1-9(10-4-2-3-5-10)16-13(17)12-7-6-11(14)8-15-12/h6-10H,2-5,14H2,1H3,(H,16,17). The number of nitrogens with one attached hydrogen (secondary N) is 1. The lowest BCUT2D eigenvalue weighted by Gasteiger charge is -2.20. The Morgan fingerprint density at radius 2 is 2.18 bits per heavy atom. The molecule has 1 aliphatic carbocycles. The van der Waals surface area contributed by atoms with Gasteiger partial charge in [-0.1, -0.05) is 12.8 Å². The summed E-state index contributed by atoms with van der Waals surface area (Å²) in [4.78, 5) is 15.9. The Labute approximate surface area is 102 Å². The van der Waals surface area contributed by atoms with Gasteiger partial charge in [0.05, 0.1) is 11.9 Å². The summed E-state index contributed by atoms with van der Waals surface area (Å²) in [5, 5.41) is 3.02. The topological polar surface area (TPSA) is 68.0 Å². The first kappa shape index (κ1) is 11.9. The molecule has 0 spiro atoms. The number of nitrogen functional groups attached to an aromatic ring is 1. The van der Waals surface area contributed by atoms with Crippen LogP contribution in [0.15, 0.2) is 18.3 Å². The van der Waals surface area contributed by atoms with Crippen LogP contribution in [0.4, 0.5) is 5.69 Å². The van der Waals surface area contributed by atoms with Gasteiger partial charge >= 0.3 is 0 Å². The average molecular weight is 233 g/mol. The zero-order valence-electron chi connectivity index (χ0n) is 10.1. The van der Waals surface area contributed by atoms with E-state index in [0.29, 0.717) is 17.3 Å². The number of amides is 1. The second kappa shape index (κ2) is 5.17. The highest BCUT2D eigenvalue weighted by molar-refractivity contribution is 5.92. The molecule has 1 aromatic rings. The SMILES string of the molecule is CC(NC(=O)c1ccc(N)cn1)C1CCCC1. The highest BCUT2D eigenvalue weighted by Crippen LogP contribution is 2.27. The summed E-state index contributed by atoms with van der Waals surface area (Å²) < 4.78 is 0. The molecule has 17 heavy (non-hydrogen) atoms. The molecule has 0 radical (unpaired) electrons. The van der Waals surface area contributed by atoms with Crippen LogP contribution in [0.5, 0.6) is 0 Å². The predicted molar refractivity (Wildman–Crippen MR) is 67.5 cm³/mol. The highest BCUT2D eigenvalue weighted by atomic mass is 16.1. The van der Waals surface area contributed by atoms with E-state index < -0.39 is 0 Å². The molecule has 2 rings (SSSR count). The lowest BCUT2D eigenvalue weighted by molar-refractivity contribution is 0.0922. The Hall–Kier alpha value is -1.58. The number of aromatic nitrogens is 1. The van der Waals surface area contributed by atoms with Crippen LogP contribution in [0.25, 0.3) is 0 Å². The summed E-state index contributed by atoms with van der Waals surface area (Å²) in [7, 11) is 0. The van der Waals surface area contributed by atoms with E-state index in [-0.39, 0.29) is 11.9 Å². The summed E-state index contributed by atoms with van der Waals surface area (Å²) >= 11 is 0. The number of anilines is 1. The number of carbonyl (C=O) groups excluding carboxylic acids is 1. The molecule has 3 N–H and O–H groups in total. The van der Waals surface area contributed by atoms with Gasteiger partial charge < -0.3 is 11.1 Å². The molecule has 1 heterocycles. The van der Waals surface area contributed by atoms with Crippen molar-refractivity contribution in [3.8, 4) is 0 Å². The normalized spacial score (nSPS) is 17.9. The lowest BCUT2D eigenvalue weighted by atomic mass is 10.00. The Morgan fingerprint density at radius 3 is 2.76 bits per heavy atom. The van der Waals surface area contributed by atoms with Gasteiger partial charge in [0, 0.05) is 6.04 Å². The van der Waals surface area contributed by atoms with Crippen molar-refractivity contribution in [1.82, 2.24) is 10.3 Å². The first-order chi connectivity index (χ1) is 8.16. The molecule has 1 aliphatic rings. The molecule has 1 fully saturated rings. The van der Waals surface area contributed by atoms with E-state index in [1.165, 1.54) is 31.9 Å². The fourth-order valence-corrected chi connectivity index (χ4v) is 2.40. The molecule has 1 unspecified atom stereocenters. The van der Waals surface area contributed by atoms with Gasteiger partial charge in [-0.15, -0.1) is 0 Å². The van der Waals surface area contributed by atoms with Crippen molar-refractivity contribution in [3.63, 3.8) is 0 Å². The second-order valence-corrected chi connectivity index (χ2v) is 4.78. The van der Waals surface area contributed by atoms with Crippen LogP contribution >= 0.6 is 0 Å². The van der Waals surface area contributed by atoms with E-state index in [4.69, 9.17) is 5.73 Å². The Balaban J connectivity index is 1.94. The van der Waals surface area contributed by atoms with Crippen LogP contribution in [0.2, 0.25) is 0 Å². The largest absolute Gasteiger partial charge is 0.397 e. The number of hydrogen-bond acceptors (Lipinski definition) is 3. The van der Waals surface area contributed by atoms with E-state index in [1.807, 2.05) is 0 Å². The third kappa shape index (κ3) is 2.96. The summed E-state index contributed by atoms with van der Waals surface area (Å²) in [6, 6.07) is 3.58. The molecule has 0 aromatic carbocycles. The van der Waals surface area contributed by atoms with E-state index in [0.717, 1.165) is 0 Å². The Kier molecular flexibility index (Phi) is 3.61. The summed E-state index contributed by atoms with van der Waals surface area (Å²) in [6.07, 6.45) is 6.51. The van der Waals surface area contributed by atoms with Gasteiger partial charge in [0.15, 0.2) is 0 Å². The number of nitrogens with zero attached hydrogens (tertiary/aromatic N) is 1. The third-order valence-corrected chi connectivity index (χ3v) is 3.48. The Morgan fingerprint density at radius 1 is 1.47 bits per heavy atom. The minimum atomic E-state index is -0.107. The molecule has 0 bridgehead atoms. The lowest BCUT2D eigenvalue weighted by Crippen LogP contribution is -2.37. The van der Waals surface area contributed by atoms with Crippen molar-refractivity contribution in [1.29, 1.82) is 0 Å². The predicted octanol–water partition coefficient (Wildman–Crippen LogP) is 1.97. The van der Waals surface area contributed by atoms with Gasteiger partial charge in [0.2, 0.25) is 0 Å². The fourth-order valence-electron chi connectivity index (χ4n) is 2.40. The number of nitrogens with two attached hydrogens (primary N) is 1. The fraction of sp³-hybridized carbons (Fsp3) is 0.538. The van der Waals surface area contributed by atoms with Gasteiger partial charge in [-0.3, -0.25) is 4.79 Å². The maximum absolute atomic E-state index is 11.9. The smallest absolute Gasteiger partial charge is 0.270 e. The second-order valence-electron chi connectivity index (χ2n) is 4.78. The molecular formula is C13H19N3O. The minimum absolute atomic E-state index is 0.107. The molecule has 4 heteroatoms. The summed E-state index contributed by atoms with van der Waals surface area (Å²) in [5.74, 6) is 0.511.